The first-order chi connectivity index (χ1) is 6.54. The molecule has 0 aliphatic heterocycles. The molecule has 76 valence electrons. The number of nitrogens with zero attached hydrogens (tertiary/aromatic N) is 2. The Balaban J connectivity index is 2.90. The van der Waals surface area contributed by atoms with E-state index in [1.165, 1.54) is 12.1 Å². The lowest BCUT2D eigenvalue weighted by Gasteiger charge is -2.06. The Hall–Kier alpha value is -1.59. The minimum Gasteiger partial charge on any atom is -0.305 e. The van der Waals surface area contributed by atoms with Gasteiger partial charge in [-0.25, -0.2) is 0 Å². The Morgan fingerprint density at radius 3 is 2.57 bits per heavy atom. The summed E-state index contributed by atoms with van der Waals surface area (Å²) < 4.78 is 36.6. The maximum atomic E-state index is 12.2. The molecule has 6 heteroatoms. The fourth-order valence-corrected chi connectivity index (χ4v) is 0.968. The monoisotopic (exact) mass is 203 g/mol. The van der Waals surface area contributed by atoms with Crippen molar-refractivity contribution in [2.75, 3.05) is 0 Å². The average molecular weight is 203 g/mol. The van der Waals surface area contributed by atoms with Crippen LogP contribution in [0.25, 0.3) is 0 Å². The van der Waals surface area contributed by atoms with Crippen LogP contribution in [0, 0.1) is 0 Å². The molecule has 0 spiro atoms. The molecule has 0 fully saturated rings. The second kappa shape index (κ2) is 4.08. The first-order valence-corrected chi connectivity index (χ1v) is 3.77. The van der Waals surface area contributed by atoms with Gasteiger partial charge in [0.15, 0.2) is 0 Å². The van der Waals surface area contributed by atoms with Crippen LogP contribution in [0.3, 0.4) is 0 Å². The van der Waals surface area contributed by atoms with E-state index in [2.05, 4.69) is 10.3 Å². The molecule has 1 aromatic rings. The third kappa shape index (κ3) is 2.72. The molecular formula is C8H8F3N3. The molecule has 1 aromatic carbocycles. The zero-order chi connectivity index (χ0) is 10.6. The van der Waals surface area contributed by atoms with Gasteiger partial charge in [0, 0.05) is 0 Å². The number of benzene rings is 1. The van der Waals surface area contributed by atoms with Crippen molar-refractivity contribution in [2.24, 2.45) is 16.2 Å². The zero-order valence-electron chi connectivity index (χ0n) is 7.12. The van der Waals surface area contributed by atoms with Crippen molar-refractivity contribution in [3.8, 4) is 0 Å². The van der Waals surface area contributed by atoms with E-state index in [1.54, 1.807) is 0 Å². The van der Waals surface area contributed by atoms with Gasteiger partial charge in [0.1, 0.15) is 0 Å². The maximum Gasteiger partial charge on any atom is 0.416 e. The SMILES string of the molecule is NN=NCc1cccc(C(F)(F)F)c1. The Bertz CT molecular complexity index is 333. The first-order valence-electron chi connectivity index (χ1n) is 3.77. The van der Waals surface area contributed by atoms with Crippen molar-refractivity contribution in [3.63, 3.8) is 0 Å². The highest BCUT2D eigenvalue weighted by molar-refractivity contribution is 5.25. The summed E-state index contributed by atoms with van der Waals surface area (Å²) in [6.07, 6.45) is -4.32. The molecule has 3 nitrogen and oxygen atoms in total. The van der Waals surface area contributed by atoms with Crippen LogP contribution in [0.4, 0.5) is 13.2 Å². The molecule has 0 radical (unpaired) electrons. The topological polar surface area (TPSA) is 50.7 Å². The second-order valence-electron chi connectivity index (χ2n) is 2.61. The standard InChI is InChI=1S/C8H8F3N3/c9-8(10,11)7-3-1-2-6(4-7)5-13-14-12/h1-4H,5H2,(H2,12,13). The van der Waals surface area contributed by atoms with Crippen LogP contribution >= 0.6 is 0 Å². The van der Waals surface area contributed by atoms with Gasteiger partial charge in [0.2, 0.25) is 0 Å². The van der Waals surface area contributed by atoms with Crippen LogP contribution < -0.4 is 5.84 Å². The van der Waals surface area contributed by atoms with Crippen LogP contribution in [0.5, 0.6) is 0 Å². The van der Waals surface area contributed by atoms with E-state index < -0.39 is 11.7 Å². The maximum absolute atomic E-state index is 12.2. The highest BCUT2D eigenvalue weighted by atomic mass is 19.4. The lowest BCUT2D eigenvalue weighted by atomic mass is 10.1. The van der Waals surface area contributed by atoms with Gasteiger partial charge in [-0.3, -0.25) is 0 Å². The molecule has 2 N–H and O–H groups in total. The molecule has 14 heavy (non-hydrogen) atoms. The molecule has 0 aliphatic rings. The minimum absolute atomic E-state index is 0.0560. The summed E-state index contributed by atoms with van der Waals surface area (Å²) in [4.78, 5) is 0. The molecule has 1 rings (SSSR count). The number of nitrogens with two attached hydrogens (primary N) is 1. The van der Waals surface area contributed by atoms with E-state index in [9.17, 15) is 13.2 Å². The molecular weight excluding hydrogens is 195 g/mol. The van der Waals surface area contributed by atoms with Crippen molar-refractivity contribution < 1.29 is 13.2 Å². The quantitative estimate of drug-likeness (QED) is 0.448. The third-order valence-corrected chi connectivity index (χ3v) is 1.59. The van der Waals surface area contributed by atoms with Crippen LogP contribution in [-0.4, -0.2) is 0 Å². The van der Waals surface area contributed by atoms with Crippen LogP contribution in [-0.2, 0) is 12.7 Å². The van der Waals surface area contributed by atoms with Gasteiger partial charge in [-0.05, 0) is 17.7 Å². The summed E-state index contributed by atoms with van der Waals surface area (Å²) in [6.45, 7) is 0.0560. The summed E-state index contributed by atoms with van der Waals surface area (Å²) in [5, 5.41) is 6.37. The summed E-state index contributed by atoms with van der Waals surface area (Å²) >= 11 is 0. The van der Waals surface area contributed by atoms with E-state index in [4.69, 9.17) is 5.84 Å². The van der Waals surface area contributed by atoms with E-state index in [0.717, 1.165) is 12.1 Å². The molecule has 0 saturated carbocycles. The third-order valence-electron chi connectivity index (χ3n) is 1.59. The van der Waals surface area contributed by atoms with Gasteiger partial charge in [-0.2, -0.15) is 18.3 Å². The van der Waals surface area contributed by atoms with E-state index in [1.807, 2.05) is 0 Å². The Kier molecular flexibility index (Phi) is 3.06. The normalized spacial score (nSPS) is 12.2. The number of hydrogen-bond donors (Lipinski definition) is 1. The predicted octanol–water partition coefficient (Wildman–Crippen LogP) is 2.53. The summed E-state index contributed by atoms with van der Waals surface area (Å²) in [5.41, 5.74) is -0.267. The van der Waals surface area contributed by atoms with E-state index >= 15 is 0 Å². The number of halogens is 3. The van der Waals surface area contributed by atoms with E-state index in [-0.39, 0.29) is 6.54 Å². The van der Waals surface area contributed by atoms with Gasteiger partial charge in [-0.15, -0.1) is 0 Å². The Morgan fingerprint density at radius 1 is 1.29 bits per heavy atom. The average Bonchev–Trinajstić information content (AvgIpc) is 2.14. The molecule has 0 amide bonds. The summed E-state index contributed by atoms with van der Waals surface area (Å²) in [6, 6.07) is 4.88. The van der Waals surface area contributed by atoms with Gasteiger partial charge in [-0.1, -0.05) is 17.4 Å². The van der Waals surface area contributed by atoms with Gasteiger partial charge < -0.3 is 5.84 Å². The summed E-state index contributed by atoms with van der Waals surface area (Å²) in [7, 11) is 0. The second-order valence-corrected chi connectivity index (χ2v) is 2.61. The van der Waals surface area contributed by atoms with Crippen molar-refractivity contribution >= 4 is 0 Å². The molecule has 0 bridgehead atoms. The largest absolute Gasteiger partial charge is 0.416 e. The fourth-order valence-electron chi connectivity index (χ4n) is 0.968. The number of rotatable bonds is 2. The highest BCUT2D eigenvalue weighted by Crippen LogP contribution is 2.29. The Morgan fingerprint density at radius 2 is 2.00 bits per heavy atom. The van der Waals surface area contributed by atoms with Crippen LogP contribution in [0.15, 0.2) is 34.6 Å². The molecule has 0 saturated heterocycles. The summed E-state index contributed by atoms with van der Waals surface area (Å²) in [5.74, 6) is 4.74. The molecule has 0 atom stereocenters. The van der Waals surface area contributed by atoms with Crippen molar-refractivity contribution in [1.82, 2.24) is 0 Å². The highest BCUT2D eigenvalue weighted by Gasteiger charge is 2.30. The Labute approximate surface area is 78.4 Å². The van der Waals surface area contributed by atoms with Gasteiger partial charge in [0.25, 0.3) is 0 Å². The predicted molar refractivity (Wildman–Crippen MR) is 44.2 cm³/mol. The number of alkyl halides is 3. The lowest BCUT2D eigenvalue weighted by Crippen LogP contribution is -2.04. The van der Waals surface area contributed by atoms with Crippen molar-refractivity contribution in [3.05, 3.63) is 35.4 Å². The first kappa shape index (κ1) is 10.5. The van der Waals surface area contributed by atoms with Crippen molar-refractivity contribution in [1.29, 1.82) is 0 Å². The van der Waals surface area contributed by atoms with Gasteiger partial charge in [0.05, 0.1) is 12.1 Å². The lowest BCUT2D eigenvalue weighted by molar-refractivity contribution is -0.137. The van der Waals surface area contributed by atoms with E-state index in [0.29, 0.717) is 5.56 Å². The molecule has 0 heterocycles. The molecule has 0 aliphatic carbocycles. The fraction of sp³-hybridized carbons (Fsp3) is 0.250. The van der Waals surface area contributed by atoms with Crippen LogP contribution in [0.2, 0.25) is 0 Å². The minimum atomic E-state index is -4.32. The molecule has 0 aromatic heterocycles. The molecule has 0 unspecified atom stereocenters. The van der Waals surface area contributed by atoms with Crippen molar-refractivity contribution in [2.45, 2.75) is 12.7 Å². The number of hydrogen-bond acceptors (Lipinski definition) is 2. The van der Waals surface area contributed by atoms with Crippen LogP contribution in [0.1, 0.15) is 11.1 Å². The van der Waals surface area contributed by atoms with Gasteiger partial charge >= 0.3 is 6.18 Å². The zero-order valence-corrected chi connectivity index (χ0v) is 7.12. The smallest absolute Gasteiger partial charge is 0.305 e.